The second kappa shape index (κ2) is 40.0. The topological polar surface area (TPSA) is 354 Å². The lowest BCUT2D eigenvalue weighted by Crippen LogP contribution is -2.41. The predicted molar refractivity (Wildman–Crippen MR) is 445 cm³/mol. The molecule has 0 spiro atoms. The Hall–Kier alpha value is -12.2. The zero-order valence-electron chi connectivity index (χ0n) is 66.7. The number of rotatable bonds is 34. The Morgan fingerprint density at radius 2 is 1.24 bits per heavy atom. The van der Waals surface area contributed by atoms with Crippen molar-refractivity contribution in [3.63, 3.8) is 0 Å². The maximum atomic E-state index is 13.5. The molecule has 11 rings (SSSR count). The third-order valence-electron chi connectivity index (χ3n) is 18.1. The van der Waals surface area contributed by atoms with Gasteiger partial charge in [0.05, 0.1) is 122 Å². The summed E-state index contributed by atoms with van der Waals surface area (Å²) in [5.41, 5.74) is 11.7. The van der Waals surface area contributed by atoms with Crippen LogP contribution in [0.4, 0.5) is 55.5 Å². The summed E-state index contributed by atoms with van der Waals surface area (Å²) >= 11 is 0. The lowest BCUT2D eigenvalue weighted by molar-refractivity contribution is 0.0179. The van der Waals surface area contributed by atoms with Gasteiger partial charge in [-0.3, -0.25) is 19.3 Å². The average molecular weight is 1590 g/mol. The number of primary amides is 1. The second-order valence-corrected chi connectivity index (χ2v) is 30.3. The van der Waals surface area contributed by atoms with Crippen LogP contribution in [-0.4, -0.2) is 167 Å². The Morgan fingerprint density at radius 1 is 0.617 bits per heavy atom. The number of morpholine rings is 1. The number of sulfonamides is 1. The first-order valence-electron chi connectivity index (χ1n) is 37.1. The SMILES string of the molecule is COCCOCCOCCOc1cc(Nc2cc(Oc3ccc(NC(=O)Nc4cc(C(C)(C)C)cc(CC#N)c4OC)c4ccccc34)ccn2)cc(OC)c1.COc1cc(CNc2nccc(Oc3ccc(N(C(N)=O)c4cc(C(C)(C)C)cc(NS(C)(=O)=O)c4OC)c4ccccc34)n2)cc(C(=O)NCCN2CCOCC2)c1. The Morgan fingerprint density at radius 3 is 1.92 bits per heavy atom. The van der Waals surface area contributed by atoms with Crippen LogP contribution in [0.15, 0.2) is 164 Å². The molecule has 3 heterocycles. The molecule has 2 aromatic heterocycles. The van der Waals surface area contributed by atoms with Crippen LogP contribution in [0.5, 0.6) is 51.9 Å². The quantitative estimate of drug-likeness (QED) is 0.0184. The molecule has 0 bridgehead atoms. The molecule has 0 unspecified atom stereocenters. The summed E-state index contributed by atoms with van der Waals surface area (Å²) in [6.07, 6.45) is 4.40. The molecule has 115 heavy (non-hydrogen) atoms. The number of amides is 5. The fourth-order valence-corrected chi connectivity index (χ4v) is 13.0. The maximum absolute atomic E-state index is 13.5. The summed E-state index contributed by atoms with van der Waals surface area (Å²) in [4.78, 5) is 56.9. The predicted octanol–water partition coefficient (Wildman–Crippen LogP) is 14.9. The standard InChI is InChI=1S/C43H49N5O8.C42H50N8O8S/c1-43(2,3)30-23-29(13-15-44)41(52-6)38(24-30)48-42(49)47-37-11-12-39(36-10-8-7-9-35(36)37)56-32-14-16-45-40(28-32)46-31-25-33(51-5)27-34(26-31)55-22-21-54-20-19-53-18-17-50-4;1-42(2,3)29-24-33(48-59(6,53)54)38(56-5)35(25-29)50(40(43)52)34-11-12-36(32-10-8-7-9-31(32)34)58-37-13-14-45-41(47-37)46-26-27-21-28(23-30(22-27)55-4)39(51)44-15-16-49-17-19-57-20-18-49/h7-12,14,16,23-28H,13,17-22H2,1-6H3,(H,45,46)(H2,47,48,49);7-14,21-25,48H,15-20,26H2,1-6H3,(H2,43,52)(H,44,51)(H,45,46,47). The van der Waals surface area contributed by atoms with Crippen LogP contribution in [0.1, 0.15) is 74.2 Å². The van der Waals surface area contributed by atoms with Crippen molar-refractivity contribution in [2.75, 3.05) is 152 Å². The van der Waals surface area contributed by atoms with Gasteiger partial charge in [-0.05, 0) is 94.3 Å². The van der Waals surface area contributed by atoms with Crippen molar-refractivity contribution in [1.29, 1.82) is 5.26 Å². The number of ether oxygens (including phenoxy) is 11. The molecule has 5 amide bonds. The van der Waals surface area contributed by atoms with Gasteiger partial charge in [-0.2, -0.15) is 10.2 Å². The summed E-state index contributed by atoms with van der Waals surface area (Å²) in [7, 11) is 3.97. The number of carbonyl (C=O) groups excluding carboxylic acids is 3. The lowest BCUT2D eigenvalue weighted by atomic mass is 9.85. The number of nitrogens with zero attached hydrogens (tertiary/aromatic N) is 6. The van der Waals surface area contributed by atoms with Gasteiger partial charge in [-0.1, -0.05) is 96.1 Å². The van der Waals surface area contributed by atoms with Gasteiger partial charge >= 0.3 is 12.1 Å². The van der Waals surface area contributed by atoms with Gasteiger partial charge in [0, 0.05) is 121 Å². The highest BCUT2D eigenvalue weighted by molar-refractivity contribution is 7.92. The molecule has 29 nitrogen and oxygen atoms in total. The number of benzene rings is 8. The molecule has 30 heteroatoms. The van der Waals surface area contributed by atoms with E-state index in [9.17, 15) is 28.1 Å². The molecular weight excluding hydrogens is 1490 g/mol. The van der Waals surface area contributed by atoms with E-state index in [1.807, 2.05) is 99.6 Å². The monoisotopic (exact) mass is 1590 g/mol. The molecule has 0 radical (unpaired) electrons. The number of urea groups is 2. The number of hydrogen-bond acceptors (Lipinski definition) is 23. The molecule has 0 aliphatic carbocycles. The molecule has 8 aromatic carbocycles. The van der Waals surface area contributed by atoms with Gasteiger partial charge in [0.15, 0.2) is 5.75 Å². The number of aromatic nitrogens is 3. The van der Waals surface area contributed by atoms with Crippen LogP contribution in [0.25, 0.3) is 21.5 Å². The van der Waals surface area contributed by atoms with Crippen LogP contribution in [0.3, 0.4) is 0 Å². The fourth-order valence-electron chi connectivity index (χ4n) is 12.4. The van der Waals surface area contributed by atoms with E-state index in [1.54, 1.807) is 107 Å². The summed E-state index contributed by atoms with van der Waals surface area (Å²) in [5.74, 6) is 4.76. The summed E-state index contributed by atoms with van der Waals surface area (Å²) in [6, 6.07) is 46.1. The van der Waals surface area contributed by atoms with Gasteiger partial charge < -0.3 is 84.4 Å². The van der Waals surface area contributed by atoms with E-state index in [0.717, 1.165) is 53.4 Å². The van der Waals surface area contributed by atoms with Crippen LogP contribution in [0, 0.1) is 11.3 Å². The highest BCUT2D eigenvalue weighted by Gasteiger charge is 2.30. The Bertz CT molecular complexity index is 5200. The van der Waals surface area contributed by atoms with Gasteiger partial charge in [-0.15, -0.1) is 0 Å². The van der Waals surface area contributed by atoms with Gasteiger partial charge in [0.1, 0.15) is 52.7 Å². The lowest BCUT2D eigenvalue weighted by Gasteiger charge is -2.29. The van der Waals surface area contributed by atoms with E-state index in [0.29, 0.717) is 150 Å². The smallest absolute Gasteiger partial charge is 0.324 e. The maximum Gasteiger partial charge on any atom is 0.324 e. The number of hydrogen-bond donors (Lipinski definition) is 7. The number of pyridine rings is 1. The fraction of sp³-hybridized carbons (Fsp3) is 0.329. The van der Waals surface area contributed by atoms with E-state index in [1.165, 1.54) is 19.1 Å². The summed E-state index contributed by atoms with van der Waals surface area (Å²) in [5, 5.41) is 27.7. The average Bonchev–Trinajstić information content (AvgIpc) is 0.778. The largest absolute Gasteiger partial charge is 0.497 e. The molecule has 10 aromatic rings. The molecule has 1 saturated heterocycles. The van der Waals surface area contributed by atoms with E-state index >= 15 is 0 Å². The van der Waals surface area contributed by atoms with E-state index < -0.39 is 27.5 Å². The van der Waals surface area contributed by atoms with Crippen LogP contribution >= 0.6 is 0 Å². The third-order valence-corrected chi connectivity index (χ3v) is 18.7. The van der Waals surface area contributed by atoms with Crippen LogP contribution in [0.2, 0.25) is 0 Å². The van der Waals surface area contributed by atoms with E-state index in [-0.39, 0.29) is 53.2 Å². The number of fused-ring (bicyclic) bond motifs is 2. The molecular formula is C85H99N13O16S. The van der Waals surface area contributed by atoms with Crippen molar-refractivity contribution >= 4 is 95.4 Å². The number of anilines is 8. The number of carbonyl (C=O) groups is 3. The zero-order chi connectivity index (χ0) is 82.2. The Kier molecular flexibility index (Phi) is 29.6. The summed E-state index contributed by atoms with van der Waals surface area (Å²) in [6.45, 7) is 19.5. The molecule has 1 fully saturated rings. The zero-order valence-corrected chi connectivity index (χ0v) is 67.5. The van der Waals surface area contributed by atoms with E-state index in [2.05, 4.69) is 78.0 Å². The molecule has 1 aliphatic rings. The number of nitriles is 1. The van der Waals surface area contributed by atoms with Crippen LogP contribution < -0.4 is 75.1 Å². The Labute approximate surface area is 670 Å². The van der Waals surface area contributed by atoms with Crippen molar-refractivity contribution in [2.45, 2.75) is 65.3 Å². The molecule has 0 atom stereocenters. The van der Waals surface area contributed by atoms with Gasteiger partial charge in [0.25, 0.3) is 5.91 Å². The minimum absolute atomic E-state index is 0.112. The molecule has 1 aliphatic heterocycles. The number of methoxy groups -OCH3 is 5. The normalized spacial score (nSPS) is 12.3. The second-order valence-electron chi connectivity index (χ2n) is 28.6. The summed E-state index contributed by atoms with van der Waals surface area (Å²) < 4.78 is 89.7. The molecule has 0 saturated carbocycles. The highest BCUT2D eigenvalue weighted by atomic mass is 32.2. The van der Waals surface area contributed by atoms with Gasteiger partial charge in [-0.25, -0.2) is 28.0 Å². The van der Waals surface area contributed by atoms with Crippen molar-refractivity contribution in [3.8, 4) is 57.9 Å². The van der Waals surface area contributed by atoms with Crippen molar-refractivity contribution in [1.82, 2.24) is 25.2 Å². The number of nitrogens with two attached hydrogens (primary N) is 1. The van der Waals surface area contributed by atoms with Crippen molar-refractivity contribution in [3.05, 3.63) is 192 Å². The van der Waals surface area contributed by atoms with E-state index in [4.69, 9.17) is 57.8 Å². The first-order chi connectivity index (χ1) is 55.2. The first-order valence-corrected chi connectivity index (χ1v) is 39.0. The first kappa shape index (κ1) is 85.2. The van der Waals surface area contributed by atoms with Crippen molar-refractivity contribution < 1.29 is 74.9 Å². The third kappa shape index (κ3) is 23.9. The van der Waals surface area contributed by atoms with Crippen LogP contribution in [-0.2, 0) is 52.8 Å². The molecule has 606 valence electrons. The van der Waals surface area contributed by atoms with Crippen molar-refractivity contribution in [2.24, 2.45) is 5.73 Å². The molecule has 8 N–H and O–H groups in total. The van der Waals surface area contributed by atoms with Gasteiger partial charge in [0.2, 0.25) is 21.9 Å². The minimum Gasteiger partial charge on any atom is -0.497 e. The minimum atomic E-state index is -3.72. The Balaban J connectivity index is 0.000000243. The number of nitrogens with one attached hydrogen (secondary N) is 6. The highest BCUT2D eigenvalue weighted by Crippen LogP contribution is 2.47.